The zero-order valence-electron chi connectivity index (χ0n) is 46.9. The van der Waals surface area contributed by atoms with Gasteiger partial charge in [-0.1, -0.05) is 217 Å². The van der Waals surface area contributed by atoms with Crippen molar-refractivity contribution in [1.29, 1.82) is 0 Å². The molecule has 0 aliphatic heterocycles. The Morgan fingerprint density at radius 1 is 0.364 bits per heavy atom. The van der Waals surface area contributed by atoms with E-state index >= 15 is 0 Å². The molecule has 0 aliphatic rings. The van der Waals surface area contributed by atoms with Crippen LogP contribution in [0.1, 0.15) is 249 Å². The number of hydrogen-bond acceptors (Lipinski definition) is 14. The van der Waals surface area contributed by atoms with E-state index in [1.54, 1.807) is 24.3 Å². The molecule has 2 aromatic rings. The summed E-state index contributed by atoms with van der Waals surface area (Å²) in [5, 5.41) is 0. The summed E-state index contributed by atoms with van der Waals surface area (Å²) in [5.74, 6) is -3.92. The van der Waals surface area contributed by atoms with Crippen molar-refractivity contribution in [2.75, 3.05) is 26.4 Å². The van der Waals surface area contributed by atoms with Crippen LogP contribution >= 0.6 is 0 Å². The Labute approximate surface area is 493 Å². The first-order valence-corrected chi connectivity index (χ1v) is 30.9. The first-order chi connectivity index (χ1) is 36.6. The fourth-order valence-electron chi connectivity index (χ4n) is 7.95. The van der Waals surface area contributed by atoms with Crippen molar-refractivity contribution in [3.63, 3.8) is 0 Å². The second-order valence-electron chi connectivity index (χ2n) is 18.8. The third kappa shape index (κ3) is 35.6. The van der Waals surface area contributed by atoms with Gasteiger partial charge in [0.25, 0.3) is 0 Å². The maximum Gasteiger partial charge on any atom is 2.00 e. The Morgan fingerprint density at radius 2 is 0.597 bits per heavy atom. The average molecular weight is 1140 g/mol. The molecule has 0 spiro atoms. The summed E-state index contributed by atoms with van der Waals surface area (Å²) in [4.78, 5) is 49.2. The molecule has 0 unspecified atom stereocenters. The number of allylic oxidation sites excluding steroid dienone is 4. The first-order valence-electron chi connectivity index (χ1n) is 28.1. The molecule has 0 heterocycles. The molecule has 0 aliphatic carbocycles. The normalized spacial score (nSPS) is 11.7. The van der Waals surface area contributed by atoms with E-state index < -0.39 is 65.0 Å². The Morgan fingerprint density at radius 3 is 0.844 bits per heavy atom. The molecule has 428 valence electrons. The van der Waals surface area contributed by atoms with Crippen LogP contribution in [0, 0.1) is 0 Å². The van der Waals surface area contributed by atoms with E-state index in [1.807, 2.05) is 24.3 Å². The number of ether oxygens (including phenoxy) is 4. The molecule has 77 heavy (non-hydrogen) atoms. The third-order valence-electron chi connectivity index (χ3n) is 12.2. The maximum atomic E-state index is 12.7. The fourth-order valence-corrected chi connectivity index (χ4v) is 9.33. The molecule has 0 bridgehead atoms. The molecule has 0 fully saturated rings. The molecule has 14 nitrogen and oxygen atoms in total. The number of carbonyl (C=O) groups is 4. The van der Waals surface area contributed by atoms with Gasteiger partial charge in [0.15, 0.2) is 0 Å². The van der Waals surface area contributed by atoms with E-state index in [2.05, 4.69) is 27.7 Å². The summed E-state index contributed by atoms with van der Waals surface area (Å²) in [6.07, 6.45) is 46.3. The van der Waals surface area contributed by atoms with Crippen LogP contribution in [0.5, 0.6) is 0 Å². The van der Waals surface area contributed by atoms with Crippen LogP contribution in [0.25, 0.3) is 0 Å². The smallest absolute Gasteiger partial charge is 0.744 e. The molecule has 0 saturated heterocycles. The van der Waals surface area contributed by atoms with Gasteiger partial charge in [0.05, 0.1) is 32.0 Å². The molecule has 0 atom stereocenters. The zero-order chi connectivity index (χ0) is 56.1. The van der Waals surface area contributed by atoms with Crippen molar-refractivity contribution in [2.45, 2.75) is 217 Å². The van der Waals surface area contributed by atoms with Gasteiger partial charge in [-0.25, -0.2) is 36.0 Å². The van der Waals surface area contributed by atoms with Gasteiger partial charge in [0.1, 0.15) is 46.7 Å². The van der Waals surface area contributed by atoms with E-state index in [9.17, 15) is 45.1 Å². The van der Waals surface area contributed by atoms with E-state index in [-0.39, 0.29) is 75.3 Å². The minimum atomic E-state index is -5.02. The van der Waals surface area contributed by atoms with Gasteiger partial charge in [0.2, 0.25) is 0 Å². The van der Waals surface area contributed by atoms with Gasteiger partial charge in [0, 0.05) is 0 Å². The standard InChI is InChI=1S/2C30H46O7S.Ca/c2*1-3-5-7-9-11-13-15-17-19-24-36-29(31)26-22-21-23-27(38(33,34)35)28(26)30(32)37-25-20-18-16-14-12-10-8-6-4-2;/h2*17-23H,3-16,24-25H2,1-2H3,(H,33,34,35);/q;;+2/p-2/b2*19-17+,20-18+;. The molecule has 2 rings (SSSR count). The van der Waals surface area contributed by atoms with Gasteiger partial charge in [-0.05, 0) is 75.6 Å². The molecule has 17 heteroatoms. The second-order valence-corrected chi connectivity index (χ2v) is 21.5. The Hall–Kier alpha value is -3.64. The molecule has 0 N–H and O–H groups in total. The van der Waals surface area contributed by atoms with Crippen molar-refractivity contribution in [1.82, 2.24) is 0 Å². The minimum Gasteiger partial charge on any atom is -0.744 e. The first kappa shape index (κ1) is 73.4. The summed E-state index contributed by atoms with van der Waals surface area (Å²) in [6.45, 7) is 8.46. The molecule has 0 saturated carbocycles. The monoisotopic (exact) mass is 1140 g/mol. The summed E-state index contributed by atoms with van der Waals surface area (Å²) in [5.41, 5.74) is -1.81. The predicted octanol–water partition coefficient (Wildman–Crippen LogP) is 14.7. The van der Waals surface area contributed by atoms with Crippen molar-refractivity contribution >= 4 is 81.9 Å². The van der Waals surface area contributed by atoms with Gasteiger partial charge < -0.3 is 28.1 Å². The molecule has 0 aromatic heterocycles. The average Bonchev–Trinajstić information content (AvgIpc) is 3.39. The molecule has 0 radical (unpaired) electrons. The summed E-state index contributed by atoms with van der Waals surface area (Å²) in [6, 6.07) is 6.94. The summed E-state index contributed by atoms with van der Waals surface area (Å²) in [7, 11) is -10.0. The van der Waals surface area contributed by atoms with E-state index in [0.717, 1.165) is 89.2 Å². The SMILES string of the molecule is CCCCCCCC/C=C/COC(=O)c1cccc(S(=O)(=O)[O-])c1C(=O)OC/C=C/CCCCCCCC.CCCCCCCC/C=C/COC(=O)c1cccc(S(=O)(=O)[O-])c1C(=O)OC/C=C/CCCCCCCC.[Ca+2]. The van der Waals surface area contributed by atoms with Crippen LogP contribution in [-0.4, -0.2) is 114 Å². The predicted molar refractivity (Wildman–Crippen MR) is 304 cm³/mol. The largest absolute Gasteiger partial charge is 2.00 e. The summed E-state index contributed by atoms with van der Waals surface area (Å²) < 4.78 is 91.4. The number of carbonyl (C=O) groups excluding carboxylic acids is 4. The van der Waals surface area contributed by atoms with Gasteiger partial charge >= 0.3 is 61.6 Å². The van der Waals surface area contributed by atoms with Crippen LogP contribution in [-0.2, 0) is 39.2 Å². The van der Waals surface area contributed by atoms with Crippen LogP contribution in [0.15, 0.2) is 94.8 Å². The van der Waals surface area contributed by atoms with Crippen LogP contribution in [0.3, 0.4) is 0 Å². The fraction of sp³-hybridized carbons (Fsp3) is 0.600. The van der Waals surface area contributed by atoms with Crippen molar-refractivity contribution in [3.8, 4) is 0 Å². The quantitative estimate of drug-likeness (QED) is 0.0151. The van der Waals surface area contributed by atoms with Gasteiger partial charge in [-0.3, -0.25) is 0 Å². The maximum absolute atomic E-state index is 12.7. The number of esters is 4. The second kappa shape index (κ2) is 47.2. The van der Waals surface area contributed by atoms with Crippen LogP contribution in [0.2, 0.25) is 0 Å². The number of hydrogen-bond donors (Lipinski definition) is 0. The van der Waals surface area contributed by atoms with Crippen LogP contribution < -0.4 is 0 Å². The van der Waals surface area contributed by atoms with E-state index in [4.69, 9.17) is 18.9 Å². The van der Waals surface area contributed by atoms with E-state index in [1.165, 1.54) is 127 Å². The third-order valence-corrected chi connectivity index (χ3v) is 14.0. The Bertz CT molecular complexity index is 2130. The molecule has 2 aromatic carbocycles. The number of benzene rings is 2. The Balaban J connectivity index is 0.00000148. The topological polar surface area (TPSA) is 220 Å². The number of rotatable bonds is 42. The van der Waals surface area contributed by atoms with E-state index in [0.29, 0.717) is 0 Å². The van der Waals surface area contributed by atoms with Crippen molar-refractivity contribution < 1.29 is 64.1 Å². The molecular formula is C60H90CaO14S2. The van der Waals surface area contributed by atoms with Crippen molar-refractivity contribution in [2.24, 2.45) is 0 Å². The van der Waals surface area contributed by atoms with Crippen LogP contribution in [0.4, 0.5) is 0 Å². The Kier molecular flexibility index (Phi) is 45.0. The number of unbranched alkanes of at least 4 members (excludes halogenated alkanes) is 24. The zero-order valence-corrected chi connectivity index (χ0v) is 50.8. The van der Waals surface area contributed by atoms with Gasteiger partial charge in [-0.2, -0.15) is 0 Å². The summed E-state index contributed by atoms with van der Waals surface area (Å²) >= 11 is 0. The molecular weight excluding hydrogens is 1050 g/mol. The molecule has 0 amide bonds. The minimum absolute atomic E-state index is 0. The van der Waals surface area contributed by atoms with Gasteiger partial charge in [-0.15, -0.1) is 0 Å². The van der Waals surface area contributed by atoms with Crippen molar-refractivity contribution in [3.05, 3.63) is 107 Å².